The quantitative estimate of drug-likeness (QED) is 0.151. The molecule has 6 aromatic carbocycles. The molecule has 240 valence electrons. The lowest BCUT2D eigenvalue weighted by Crippen LogP contribution is -1.85. The molecule has 0 unspecified atom stereocenters. The maximum Gasteiger partial charge on any atom is 0.227 e. The van der Waals surface area contributed by atoms with E-state index in [0.717, 1.165) is 72.6 Å². The molecule has 0 N–H and O–H groups in total. The number of hydrogen-bond donors (Lipinski definition) is 0. The zero-order valence-corrected chi connectivity index (χ0v) is 27.3. The predicted octanol–water partition coefficient (Wildman–Crippen LogP) is 10.7. The van der Waals surface area contributed by atoms with Gasteiger partial charge in [-0.15, -0.1) is 0 Å². The topological polar surface area (TPSA) is 94.3 Å². The van der Waals surface area contributed by atoms with Crippen LogP contribution in [-0.2, 0) is 0 Å². The molecule has 0 fully saturated rings. The number of fused-ring (bicyclic) bond motifs is 2. The molecule has 0 saturated heterocycles. The summed E-state index contributed by atoms with van der Waals surface area (Å²) in [4.78, 5) is 9.49. The van der Waals surface area contributed by atoms with Crippen molar-refractivity contribution in [2.24, 2.45) is 0 Å². The molecule has 8 aromatic rings. The largest absolute Gasteiger partial charge is 0.497 e. The third-order valence-corrected chi connectivity index (χ3v) is 8.66. The lowest BCUT2D eigenvalue weighted by atomic mass is 10.0. The van der Waals surface area contributed by atoms with Crippen molar-refractivity contribution in [1.82, 2.24) is 9.97 Å². The minimum atomic E-state index is 0.464. The van der Waals surface area contributed by atoms with Crippen molar-refractivity contribution in [1.29, 1.82) is 5.26 Å². The van der Waals surface area contributed by atoms with E-state index in [9.17, 15) is 5.26 Å². The Balaban J connectivity index is 0.986. The molecule has 2 aromatic heterocycles. The Morgan fingerprint density at radius 2 is 1.00 bits per heavy atom. The molecule has 50 heavy (non-hydrogen) atoms. The number of benzene rings is 6. The van der Waals surface area contributed by atoms with Crippen molar-refractivity contribution in [3.8, 4) is 62.7 Å². The molecule has 0 atom stereocenters. The van der Waals surface area contributed by atoms with Gasteiger partial charge in [-0.05, 0) is 106 Å². The molecule has 0 spiro atoms. The van der Waals surface area contributed by atoms with E-state index in [4.69, 9.17) is 28.3 Å². The van der Waals surface area contributed by atoms with Gasteiger partial charge in [-0.1, -0.05) is 66.7 Å². The number of nitrogens with zero attached hydrogens (tertiary/aromatic N) is 3. The van der Waals surface area contributed by atoms with Gasteiger partial charge in [0, 0.05) is 11.1 Å². The molecule has 7 nitrogen and oxygen atoms in total. The van der Waals surface area contributed by atoms with Crippen LogP contribution in [0.5, 0.6) is 11.5 Å². The van der Waals surface area contributed by atoms with Gasteiger partial charge in [0.05, 0.1) is 25.9 Å². The monoisotopic (exact) mass is 651 g/mol. The van der Waals surface area contributed by atoms with Crippen molar-refractivity contribution >= 4 is 34.4 Å². The Bertz CT molecular complexity index is 2550. The van der Waals surface area contributed by atoms with Crippen LogP contribution in [-0.4, -0.2) is 24.2 Å². The minimum absolute atomic E-state index is 0.464. The fourth-order valence-electron chi connectivity index (χ4n) is 5.88. The summed E-state index contributed by atoms with van der Waals surface area (Å²) in [5.74, 6) is 2.64. The summed E-state index contributed by atoms with van der Waals surface area (Å²) in [6.07, 6.45) is 3.91. The van der Waals surface area contributed by atoms with Gasteiger partial charge in [-0.3, -0.25) is 0 Å². The first-order valence-electron chi connectivity index (χ1n) is 16.0. The summed E-state index contributed by atoms with van der Waals surface area (Å²) in [5.41, 5.74) is 11.1. The third-order valence-electron chi connectivity index (χ3n) is 8.66. The van der Waals surface area contributed by atoms with Crippen LogP contribution >= 0.6 is 0 Å². The summed E-state index contributed by atoms with van der Waals surface area (Å²) in [5, 5.41) is 9.99. The Kier molecular flexibility index (Phi) is 7.88. The number of hydrogen-bond acceptors (Lipinski definition) is 7. The number of rotatable bonds is 8. The van der Waals surface area contributed by atoms with Gasteiger partial charge in [0.25, 0.3) is 0 Å². The van der Waals surface area contributed by atoms with Crippen LogP contribution in [0.3, 0.4) is 0 Å². The summed E-state index contributed by atoms with van der Waals surface area (Å²) in [6, 6.07) is 43.7. The normalized spacial score (nSPS) is 11.3. The van der Waals surface area contributed by atoms with E-state index in [1.807, 2.05) is 140 Å². The van der Waals surface area contributed by atoms with E-state index in [-0.39, 0.29) is 0 Å². The van der Waals surface area contributed by atoms with Gasteiger partial charge in [0.15, 0.2) is 11.2 Å². The minimum Gasteiger partial charge on any atom is -0.497 e. The van der Waals surface area contributed by atoms with Crippen LogP contribution < -0.4 is 9.47 Å². The number of methoxy groups -OCH3 is 2. The molecule has 2 heterocycles. The molecule has 8 rings (SSSR count). The van der Waals surface area contributed by atoms with E-state index < -0.39 is 0 Å². The van der Waals surface area contributed by atoms with Crippen molar-refractivity contribution in [2.45, 2.75) is 0 Å². The standard InChI is InChI=1S/C43H29N3O4/c1-47-36-17-11-28(12-18-36)32-15-21-40-38(24-32)45-42(49-40)31-7-4-27(5-8-31)3-6-30-9-10-34(23-35(30)26-44)43-46-39-25-33(16-22-41(39)50-43)29-13-19-37(48-2)20-14-29/h3-25H,1-2H3. The predicted molar refractivity (Wildman–Crippen MR) is 197 cm³/mol. The summed E-state index contributed by atoms with van der Waals surface area (Å²) in [7, 11) is 3.31. The van der Waals surface area contributed by atoms with Crippen molar-refractivity contribution in [3.05, 3.63) is 144 Å². The van der Waals surface area contributed by atoms with Crippen LogP contribution in [0, 0.1) is 11.3 Å². The van der Waals surface area contributed by atoms with Crippen LogP contribution in [0.1, 0.15) is 16.7 Å². The maximum absolute atomic E-state index is 9.99. The molecule has 0 radical (unpaired) electrons. The first kappa shape index (κ1) is 30.4. The number of aromatic nitrogens is 2. The fraction of sp³-hybridized carbons (Fsp3) is 0.0465. The Labute approximate surface area is 288 Å². The molecule has 0 aliphatic carbocycles. The molecule has 0 aliphatic heterocycles. The maximum atomic E-state index is 9.99. The number of nitriles is 1. The van der Waals surface area contributed by atoms with Gasteiger partial charge in [0.1, 0.15) is 22.5 Å². The molecule has 0 amide bonds. The van der Waals surface area contributed by atoms with E-state index >= 15 is 0 Å². The first-order valence-corrected chi connectivity index (χ1v) is 16.0. The summed E-state index contributed by atoms with van der Waals surface area (Å²) in [6.45, 7) is 0. The lowest BCUT2D eigenvalue weighted by Gasteiger charge is -2.03. The van der Waals surface area contributed by atoms with E-state index in [1.54, 1.807) is 14.2 Å². The zero-order chi connectivity index (χ0) is 34.0. The van der Waals surface area contributed by atoms with Crippen LogP contribution in [0.4, 0.5) is 0 Å². The van der Waals surface area contributed by atoms with Gasteiger partial charge >= 0.3 is 0 Å². The van der Waals surface area contributed by atoms with Crippen molar-refractivity contribution in [3.63, 3.8) is 0 Å². The second kappa shape index (κ2) is 12.9. The number of ether oxygens (including phenoxy) is 2. The highest BCUT2D eigenvalue weighted by atomic mass is 16.5. The highest BCUT2D eigenvalue weighted by molar-refractivity contribution is 5.84. The molecule has 0 saturated carbocycles. The highest BCUT2D eigenvalue weighted by Gasteiger charge is 2.13. The second-order valence-electron chi connectivity index (χ2n) is 11.7. The average Bonchev–Trinajstić information content (AvgIpc) is 3.81. The third kappa shape index (κ3) is 5.98. The fourth-order valence-corrected chi connectivity index (χ4v) is 5.88. The van der Waals surface area contributed by atoms with Crippen LogP contribution in [0.25, 0.3) is 79.5 Å². The van der Waals surface area contributed by atoms with Crippen molar-refractivity contribution in [2.75, 3.05) is 14.2 Å². The lowest BCUT2D eigenvalue weighted by molar-refractivity contribution is 0.415. The first-order chi connectivity index (χ1) is 24.6. The van der Waals surface area contributed by atoms with Crippen LogP contribution in [0.15, 0.2) is 136 Å². The van der Waals surface area contributed by atoms with Gasteiger partial charge in [0.2, 0.25) is 11.8 Å². The number of oxazole rings is 2. The van der Waals surface area contributed by atoms with Gasteiger partial charge < -0.3 is 18.3 Å². The molecular formula is C43H29N3O4. The van der Waals surface area contributed by atoms with E-state index in [2.05, 4.69) is 6.07 Å². The highest BCUT2D eigenvalue weighted by Crippen LogP contribution is 2.32. The van der Waals surface area contributed by atoms with Crippen molar-refractivity contribution < 1.29 is 18.3 Å². The molecular weight excluding hydrogens is 622 g/mol. The Hall–Kier alpha value is -6.91. The van der Waals surface area contributed by atoms with E-state index in [1.165, 1.54) is 0 Å². The Morgan fingerprint density at radius 3 is 1.52 bits per heavy atom. The zero-order valence-electron chi connectivity index (χ0n) is 27.3. The second-order valence-corrected chi connectivity index (χ2v) is 11.7. The summed E-state index contributed by atoms with van der Waals surface area (Å²) >= 11 is 0. The Morgan fingerprint density at radius 1 is 0.520 bits per heavy atom. The van der Waals surface area contributed by atoms with Gasteiger partial charge in [-0.25, -0.2) is 9.97 Å². The van der Waals surface area contributed by atoms with Gasteiger partial charge in [-0.2, -0.15) is 5.26 Å². The average molecular weight is 652 g/mol. The molecule has 0 bridgehead atoms. The molecule has 7 heteroatoms. The SMILES string of the molecule is COc1ccc(-c2ccc3oc(-c4ccc(C=Cc5ccc(-c6nc7cc(-c8ccc(OC)cc8)ccc7o6)cc5C#N)cc4)nc3c2)cc1. The molecule has 0 aliphatic rings. The smallest absolute Gasteiger partial charge is 0.227 e. The van der Waals surface area contributed by atoms with Crippen LogP contribution in [0.2, 0.25) is 0 Å². The summed E-state index contributed by atoms with van der Waals surface area (Å²) < 4.78 is 22.7. The van der Waals surface area contributed by atoms with E-state index in [0.29, 0.717) is 22.9 Å².